The lowest BCUT2D eigenvalue weighted by atomic mass is 10.0. The number of carbonyl (C=O) groups excluding carboxylic acids is 1. The molecule has 0 spiro atoms. The zero-order valence-electron chi connectivity index (χ0n) is 38.3. The van der Waals surface area contributed by atoms with E-state index in [-0.39, 0.29) is 11.1 Å². The zero-order chi connectivity index (χ0) is 48.2. The van der Waals surface area contributed by atoms with Gasteiger partial charge < -0.3 is 18.3 Å². The van der Waals surface area contributed by atoms with Gasteiger partial charge in [-0.05, 0) is 49.2 Å². The predicted molar refractivity (Wildman–Crippen MR) is 295 cm³/mol. The molecule has 0 radical (unpaired) electrons. The maximum Gasteiger partial charge on any atom is 0.193 e. The lowest BCUT2D eigenvalue weighted by molar-refractivity contribution is 0.103. The molecule has 0 aliphatic heterocycles. The Morgan fingerprint density at radius 3 is 0.857 bits per heavy atom. The van der Waals surface area contributed by atoms with Crippen LogP contribution in [0.2, 0.25) is 0 Å². The maximum atomic E-state index is 16.5. The normalized spacial score (nSPS) is 17.3. The molecule has 0 saturated heterocycles. The van der Waals surface area contributed by atoms with Crippen molar-refractivity contribution in [3.63, 3.8) is 0 Å². The van der Waals surface area contributed by atoms with Gasteiger partial charge in [-0.1, -0.05) is 231 Å². The molecule has 0 bridgehead atoms. The fourth-order valence-electron chi connectivity index (χ4n) is 9.85. The Labute approximate surface area is 410 Å². The molecule has 0 amide bonds. The summed E-state index contributed by atoms with van der Waals surface area (Å²) in [6.07, 6.45) is 16.6. The van der Waals surface area contributed by atoms with E-state index >= 15 is 23.1 Å². The number of carbonyl (C=O) groups is 1. The molecule has 10 rings (SSSR count). The highest BCUT2D eigenvalue weighted by Gasteiger charge is 2.41. The van der Waals surface area contributed by atoms with E-state index in [1.807, 2.05) is 231 Å². The monoisotopic (exact) mass is 986 g/mol. The standard InChI is InChI=1S/C61H50O5P4/c62-61(47-41-57(67(63,49-25-9-1-10-26-49)50-27-11-2-12-28-50)45-58(42-47)68(64,51-29-13-3-14-30-51)52-31-15-4-16-32-52)48-43-59(69(65,53-33-17-5-18-34-53)54-35-19-6-20-36-54)46-60(44-48)70(66,55-37-21-7-22-38-55)56-39-23-8-24-40-56/h1-31,33-39,41-46,52,56H,32,40H2. The number of hydrogen-bond acceptors (Lipinski definition) is 5. The third kappa shape index (κ3) is 8.57. The first kappa shape index (κ1) is 47.0. The molecule has 8 aromatic rings. The summed E-state index contributed by atoms with van der Waals surface area (Å²) in [4.78, 5) is 16.1. The molecular formula is C61H50O5P4. The number of allylic oxidation sites excluding steroid dienone is 8. The van der Waals surface area contributed by atoms with Crippen molar-refractivity contribution in [3.05, 3.63) is 278 Å². The Hall–Kier alpha value is -6.69. The summed E-state index contributed by atoms with van der Waals surface area (Å²) in [6, 6.07) is 66.1. The summed E-state index contributed by atoms with van der Waals surface area (Å²) in [5, 5.41) is 4.93. The number of benzene rings is 8. The van der Waals surface area contributed by atoms with Gasteiger partial charge in [-0.25, -0.2) is 0 Å². The molecular weight excluding hydrogens is 937 g/mol. The van der Waals surface area contributed by atoms with Crippen LogP contribution >= 0.6 is 28.6 Å². The minimum absolute atomic E-state index is 0.151. The molecule has 0 fully saturated rings. The van der Waals surface area contributed by atoms with Crippen molar-refractivity contribution in [3.8, 4) is 0 Å². The smallest absolute Gasteiger partial charge is 0.193 e. The summed E-state index contributed by atoms with van der Waals surface area (Å²) in [7, 11) is -14.9. The predicted octanol–water partition coefficient (Wildman–Crippen LogP) is 10.6. The van der Waals surface area contributed by atoms with Gasteiger partial charge in [0.25, 0.3) is 0 Å². The van der Waals surface area contributed by atoms with Crippen LogP contribution in [0.5, 0.6) is 0 Å². The van der Waals surface area contributed by atoms with Gasteiger partial charge in [0.05, 0.1) is 0 Å². The van der Waals surface area contributed by atoms with E-state index in [0.717, 1.165) is 0 Å². The molecule has 0 heterocycles. The van der Waals surface area contributed by atoms with E-state index in [9.17, 15) is 0 Å². The van der Waals surface area contributed by atoms with Crippen molar-refractivity contribution >= 4 is 87.4 Å². The molecule has 0 N–H and O–H groups in total. The highest BCUT2D eigenvalue weighted by Crippen LogP contribution is 2.54. The summed E-state index contributed by atoms with van der Waals surface area (Å²) in [6.45, 7) is 0. The average Bonchev–Trinajstić information content (AvgIpc) is 3.45. The fraction of sp³-hybridized carbons (Fsp3) is 0.0656. The topological polar surface area (TPSA) is 85.3 Å². The quantitative estimate of drug-likeness (QED) is 0.0800. The average molecular weight is 987 g/mol. The highest BCUT2D eigenvalue weighted by atomic mass is 31.2. The number of hydrogen-bond donors (Lipinski definition) is 0. The lowest BCUT2D eigenvalue weighted by Crippen LogP contribution is -2.33. The summed E-state index contributed by atoms with van der Waals surface area (Å²) >= 11 is 0. The molecule has 4 unspecified atom stereocenters. The molecule has 344 valence electrons. The second kappa shape index (κ2) is 20.0. The molecule has 0 aromatic heterocycles. The van der Waals surface area contributed by atoms with E-state index in [1.54, 1.807) is 36.4 Å². The van der Waals surface area contributed by atoms with Crippen molar-refractivity contribution < 1.29 is 23.1 Å². The molecule has 4 atom stereocenters. The highest BCUT2D eigenvalue weighted by molar-refractivity contribution is 7.86. The van der Waals surface area contributed by atoms with Crippen LogP contribution in [0, 0.1) is 0 Å². The second-order valence-electron chi connectivity index (χ2n) is 17.6. The van der Waals surface area contributed by atoms with E-state index < -0.39 is 45.7 Å². The third-order valence-electron chi connectivity index (χ3n) is 13.4. The molecule has 2 aliphatic carbocycles. The molecule has 2 aliphatic rings. The van der Waals surface area contributed by atoms with Gasteiger partial charge in [-0.2, -0.15) is 0 Å². The maximum absolute atomic E-state index is 16.5. The SMILES string of the molecule is O=C(c1cc(P(=O)(c2ccccc2)c2ccccc2)cc(P(=O)(c2ccccc2)C2C=CC=CC2)c1)c1cc(P(=O)(c2ccccc2)c2ccccc2)cc(P(=O)(c2ccccc2)C2C=CC=CC2)c1. The van der Waals surface area contributed by atoms with Gasteiger partial charge in [0.1, 0.15) is 14.3 Å². The number of rotatable bonds is 14. The van der Waals surface area contributed by atoms with Crippen molar-refractivity contribution in [2.75, 3.05) is 0 Å². The molecule has 70 heavy (non-hydrogen) atoms. The van der Waals surface area contributed by atoms with Crippen LogP contribution in [-0.2, 0) is 18.3 Å². The summed E-state index contributed by atoms with van der Waals surface area (Å²) in [5.74, 6) is -0.482. The summed E-state index contributed by atoms with van der Waals surface area (Å²) in [5.41, 5.74) is -0.618. The van der Waals surface area contributed by atoms with Crippen molar-refractivity contribution in [1.82, 2.24) is 0 Å². The minimum Gasteiger partial charge on any atom is -0.313 e. The van der Waals surface area contributed by atoms with Crippen LogP contribution in [0.4, 0.5) is 0 Å². The lowest BCUT2D eigenvalue weighted by Gasteiger charge is -2.30. The van der Waals surface area contributed by atoms with Crippen molar-refractivity contribution in [2.24, 2.45) is 0 Å². The van der Waals surface area contributed by atoms with Crippen LogP contribution in [0.25, 0.3) is 0 Å². The third-order valence-corrected chi connectivity index (χ3v) is 26.3. The molecule has 9 heteroatoms. The van der Waals surface area contributed by atoms with E-state index in [1.165, 1.54) is 0 Å². The summed E-state index contributed by atoms with van der Waals surface area (Å²) < 4.78 is 65.8. The van der Waals surface area contributed by atoms with Crippen molar-refractivity contribution in [1.29, 1.82) is 0 Å². The Balaban J connectivity index is 1.28. The van der Waals surface area contributed by atoms with Crippen LogP contribution in [0.3, 0.4) is 0 Å². The van der Waals surface area contributed by atoms with Crippen LogP contribution in [0.15, 0.2) is 267 Å². The van der Waals surface area contributed by atoms with Crippen LogP contribution in [-0.4, -0.2) is 17.1 Å². The first-order valence-electron chi connectivity index (χ1n) is 23.4. The van der Waals surface area contributed by atoms with Crippen LogP contribution < -0.4 is 53.0 Å². The van der Waals surface area contributed by atoms with E-state index in [4.69, 9.17) is 0 Å². The van der Waals surface area contributed by atoms with Gasteiger partial charge >= 0.3 is 0 Å². The Morgan fingerprint density at radius 2 is 0.586 bits per heavy atom. The molecule has 8 aromatic carbocycles. The van der Waals surface area contributed by atoms with Crippen molar-refractivity contribution in [2.45, 2.75) is 24.2 Å². The van der Waals surface area contributed by atoms with Gasteiger partial charge in [-0.3, -0.25) is 4.79 Å². The second-order valence-corrected chi connectivity index (χ2v) is 29.1. The van der Waals surface area contributed by atoms with Crippen LogP contribution in [0.1, 0.15) is 28.8 Å². The Kier molecular flexibility index (Phi) is 13.4. The Morgan fingerprint density at radius 1 is 0.314 bits per heavy atom. The minimum atomic E-state index is -3.78. The zero-order valence-corrected chi connectivity index (χ0v) is 41.9. The fourth-order valence-corrected chi connectivity index (χ4v) is 21.7. The first-order chi connectivity index (χ1) is 34.1. The van der Waals surface area contributed by atoms with E-state index in [2.05, 4.69) is 0 Å². The molecule has 0 saturated carbocycles. The van der Waals surface area contributed by atoms with Gasteiger partial charge in [-0.15, -0.1) is 0 Å². The first-order valence-corrected chi connectivity index (χ1v) is 30.4. The van der Waals surface area contributed by atoms with Gasteiger partial charge in [0.2, 0.25) is 0 Å². The number of ketones is 1. The Bertz CT molecular complexity index is 3200. The van der Waals surface area contributed by atoms with Gasteiger partial charge in [0, 0.05) is 75.5 Å². The van der Waals surface area contributed by atoms with Gasteiger partial charge in [0.15, 0.2) is 20.1 Å². The largest absolute Gasteiger partial charge is 0.313 e. The molecule has 5 nitrogen and oxygen atoms in total. The van der Waals surface area contributed by atoms with E-state index in [0.29, 0.717) is 65.9 Å².